The van der Waals surface area contributed by atoms with E-state index in [0.29, 0.717) is 20.9 Å². The Balaban J connectivity index is 1.85. The Kier molecular flexibility index (Phi) is 3.68. The van der Waals surface area contributed by atoms with Gasteiger partial charge in [0.05, 0.1) is 20.6 Å². The maximum absolute atomic E-state index is 12.6. The van der Waals surface area contributed by atoms with Crippen LogP contribution in [0.3, 0.4) is 0 Å². The molecule has 0 atom stereocenters. The summed E-state index contributed by atoms with van der Waals surface area (Å²) < 4.78 is 0.702. The topological polar surface area (TPSA) is 55.1 Å². The number of carbonyl (C=O) groups is 1. The Morgan fingerprint density at radius 2 is 1.86 bits per heavy atom. The lowest BCUT2D eigenvalue weighted by atomic mass is 9.94. The van der Waals surface area contributed by atoms with Gasteiger partial charge in [0.25, 0.3) is 0 Å². The molecule has 1 aliphatic carbocycles. The van der Waals surface area contributed by atoms with Crippen molar-refractivity contribution in [3.8, 4) is 0 Å². The number of hydrogen-bond acceptors (Lipinski definition) is 2. The van der Waals surface area contributed by atoms with E-state index in [1.54, 1.807) is 6.07 Å². The first-order chi connectivity index (χ1) is 10.0. The molecule has 1 aliphatic rings. The molecule has 2 aromatic carbocycles. The molecule has 0 unspecified atom stereocenters. The molecule has 3 N–H and O–H groups in total. The summed E-state index contributed by atoms with van der Waals surface area (Å²) >= 11 is 9.45. The molecular weight excluding hydrogens is 352 g/mol. The van der Waals surface area contributed by atoms with Gasteiger partial charge in [0.15, 0.2) is 0 Å². The second kappa shape index (κ2) is 5.35. The molecule has 0 saturated heterocycles. The number of anilines is 2. The summed E-state index contributed by atoms with van der Waals surface area (Å²) in [5, 5.41) is 3.54. The first-order valence-corrected chi connectivity index (χ1v) is 7.81. The lowest BCUT2D eigenvalue weighted by molar-refractivity contribution is -0.118. The summed E-state index contributed by atoms with van der Waals surface area (Å²) in [6, 6.07) is 12.9. The third-order valence-corrected chi connectivity index (χ3v) is 5.25. The normalized spacial score (nSPS) is 15.5. The van der Waals surface area contributed by atoms with E-state index in [-0.39, 0.29) is 5.91 Å². The summed E-state index contributed by atoms with van der Waals surface area (Å²) in [5.74, 6) is -0.00441. The van der Waals surface area contributed by atoms with Gasteiger partial charge in [-0.3, -0.25) is 4.79 Å². The van der Waals surface area contributed by atoms with Gasteiger partial charge >= 0.3 is 0 Å². The van der Waals surface area contributed by atoms with Crippen molar-refractivity contribution in [1.29, 1.82) is 0 Å². The zero-order valence-corrected chi connectivity index (χ0v) is 13.5. The fourth-order valence-electron chi connectivity index (χ4n) is 2.42. The Labute approximate surface area is 136 Å². The zero-order valence-electron chi connectivity index (χ0n) is 11.2. The van der Waals surface area contributed by atoms with Crippen molar-refractivity contribution in [2.24, 2.45) is 0 Å². The van der Waals surface area contributed by atoms with Gasteiger partial charge in [0, 0.05) is 5.69 Å². The number of amides is 1. The molecule has 1 fully saturated rings. The molecule has 0 spiro atoms. The largest absolute Gasteiger partial charge is 0.399 e. The van der Waals surface area contributed by atoms with E-state index in [9.17, 15) is 4.79 Å². The first kappa shape index (κ1) is 14.4. The van der Waals surface area contributed by atoms with Crippen LogP contribution in [0.5, 0.6) is 0 Å². The average molecular weight is 366 g/mol. The van der Waals surface area contributed by atoms with Gasteiger partial charge in [0.1, 0.15) is 0 Å². The number of nitrogen functional groups attached to an aromatic ring is 1. The predicted octanol–water partition coefficient (Wildman–Crippen LogP) is 4.36. The van der Waals surface area contributed by atoms with Gasteiger partial charge in [-0.05, 0) is 58.6 Å². The fraction of sp³-hybridized carbons (Fsp3) is 0.188. The lowest BCUT2D eigenvalue weighted by Gasteiger charge is -2.17. The molecule has 0 radical (unpaired) electrons. The number of halogens is 2. The predicted molar refractivity (Wildman–Crippen MR) is 89.5 cm³/mol. The summed E-state index contributed by atoms with van der Waals surface area (Å²) in [6.07, 6.45) is 1.70. The molecule has 21 heavy (non-hydrogen) atoms. The number of nitrogens with two attached hydrogens (primary N) is 1. The van der Waals surface area contributed by atoms with Crippen molar-refractivity contribution in [2.45, 2.75) is 18.3 Å². The Bertz CT molecular complexity index is 696. The van der Waals surface area contributed by atoms with Crippen LogP contribution in [0.2, 0.25) is 5.02 Å². The molecule has 1 saturated carbocycles. The second-order valence-electron chi connectivity index (χ2n) is 5.26. The molecule has 2 aromatic rings. The Morgan fingerprint density at radius 3 is 2.48 bits per heavy atom. The molecule has 0 heterocycles. The minimum Gasteiger partial charge on any atom is -0.399 e. The second-order valence-corrected chi connectivity index (χ2v) is 6.46. The molecule has 3 nitrogen and oxygen atoms in total. The number of rotatable bonds is 3. The van der Waals surface area contributed by atoms with E-state index >= 15 is 0 Å². The molecule has 0 bridgehead atoms. The minimum atomic E-state index is -0.435. The molecule has 0 aliphatic heterocycles. The van der Waals surface area contributed by atoms with Crippen LogP contribution in [0.15, 0.2) is 46.9 Å². The quantitative estimate of drug-likeness (QED) is 0.794. The van der Waals surface area contributed by atoms with Crippen LogP contribution in [0.4, 0.5) is 11.4 Å². The van der Waals surface area contributed by atoms with Crippen LogP contribution < -0.4 is 11.1 Å². The number of hydrogen-bond donors (Lipinski definition) is 2. The first-order valence-electron chi connectivity index (χ1n) is 6.64. The maximum Gasteiger partial charge on any atom is 0.235 e. The highest BCUT2D eigenvalue weighted by atomic mass is 79.9. The lowest BCUT2D eigenvalue weighted by Crippen LogP contribution is -2.28. The number of benzene rings is 2. The van der Waals surface area contributed by atoms with E-state index < -0.39 is 5.41 Å². The molecular formula is C16H14BrClN2O. The minimum absolute atomic E-state index is 0.00441. The molecule has 108 valence electrons. The van der Waals surface area contributed by atoms with Crippen molar-refractivity contribution in [2.75, 3.05) is 11.1 Å². The highest BCUT2D eigenvalue weighted by Crippen LogP contribution is 2.49. The van der Waals surface area contributed by atoms with E-state index in [4.69, 9.17) is 17.3 Å². The monoisotopic (exact) mass is 364 g/mol. The van der Waals surface area contributed by atoms with Crippen LogP contribution in [0.25, 0.3) is 0 Å². The third kappa shape index (κ3) is 2.65. The van der Waals surface area contributed by atoms with Gasteiger partial charge in [-0.25, -0.2) is 0 Å². The van der Waals surface area contributed by atoms with Crippen LogP contribution in [-0.2, 0) is 10.2 Å². The highest BCUT2D eigenvalue weighted by Gasteiger charge is 2.51. The van der Waals surface area contributed by atoms with E-state index in [1.807, 2.05) is 36.4 Å². The SMILES string of the molecule is Nc1ccc(C2(C(=O)Nc3cccc(Cl)c3Br)CC2)cc1. The van der Waals surface area contributed by atoms with Crippen molar-refractivity contribution in [3.63, 3.8) is 0 Å². The average Bonchev–Trinajstić information content (AvgIpc) is 3.26. The molecule has 0 aromatic heterocycles. The highest BCUT2D eigenvalue weighted by molar-refractivity contribution is 9.10. The maximum atomic E-state index is 12.6. The van der Waals surface area contributed by atoms with Crippen molar-refractivity contribution in [3.05, 3.63) is 57.5 Å². The van der Waals surface area contributed by atoms with Crippen molar-refractivity contribution < 1.29 is 4.79 Å². The third-order valence-electron chi connectivity index (χ3n) is 3.85. The summed E-state index contributed by atoms with van der Waals surface area (Å²) in [7, 11) is 0. The number of nitrogens with one attached hydrogen (secondary N) is 1. The summed E-state index contributed by atoms with van der Waals surface area (Å²) in [6.45, 7) is 0. The van der Waals surface area contributed by atoms with E-state index in [2.05, 4.69) is 21.2 Å². The summed E-state index contributed by atoms with van der Waals surface area (Å²) in [5.41, 5.74) is 7.67. The van der Waals surface area contributed by atoms with Gasteiger partial charge in [0.2, 0.25) is 5.91 Å². The van der Waals surface area contributed by atoms with Gasteiger partial charge in [-0.1, -0.05) is 29.8 Å². The van der Waals surface area contributed by atoms with Gasteiger partial charge in [-0.15, -0.1) is 0 Å². The zero-order chi connectivity index (χ0) is 15.0. The van der Waals surface area contributed by atoms with Crippen molar-refractivity contribution >= 4 is 44.8 Å². The Morgan fingerprint density at radius 1 is 1.19 bits per heavy atom. The van der Waals surface area contributed by atoms with Crippen molar-refractivity contribution in [1.82, 2.24) is 0 Å². The van der Waals surface area contributed by atoms with E-state index in [1.165, 1.54) is 0 Å². The fourth-order valence-corrected chi connectivity index (χ4v) is 2.95. The molecule has 3 rings (SSSR count). The molecule has 1 amide bonds. The van der Waals surface area contributed by atoms with E-state index in [0.717, 1.165) is 18.4 Å². The number of carbonyl (C=O) groups excluding carboxylic acids is 1. The van der Waals surface area contributed by atoms with Crippen LogP contribution >= 0.6 is 27.5 Å². The van der Waals surface area contributed by atoms with Crippen LogP contribution in [-0.4, -0.2) is 5.91 Å². The molecule has 5 heteroatoms. The summed E-state index contributed by atoms with van der Waals surface area (Å²) in [4.78, 5) is 12.6. The smallest absolute Gasteiger partial charge is 0.235 e. The van der Waals surface area contributed by atoms with Crippen LogP contribution in [0, 0.1) is 0 Å². The van der Waals surface area contributed by atoms with Gasteiger partial charge < -0.3 is 11.1 Å². The standard InChI is InChI=1S/C16H14BrClN2O/c17-14-12(18)2-1-3-13(14)20-15(21)16(8-9-16)10-4-6-11(19)7-5-10/h1-7H,8-9,19H2,(H,20,21). The van der Waals surface area contributed by atoms with Gasteiger partial charge in [-0.2, -0.15) is 0 Å². The Hall–Kier alpha value is -1.52. The van der Waals surface area contributed by atoms with Crippen LogP contribution in [0.1, 0.15) is 18.4 Å².